The van der Waals surface area contributed by atoms with E-state index in [1.807, 2.05) is 61.5 Å². The van der Waals surface area contributed by atoms with Crippen LogP contribution in [0.15, 0.2) is 72.8 Å². The zero-order valence-corrected chi connectivity index (χ0v) is 13.9. The van der Waals surface area contributed by atoms with Crippen molar-refractivity contribution in [3.05, 3.63) is 89.5 Å². The summed E-state index contributed by atoms with van der Waals surface area (Å²) in [6, 6.07) is 22.6. The molecule has 2 N–H and O–H groups in total. The van der Waals surface area contributed by atoms with Gasteiger partial charge in [0.1, 0.15) is 11.5 Å². The number of rotatable bonds is 6. The van der Waals surface area contributed by atoms with Crippen molar-refractivity contribution in [2.75, 3.05) is 5.32 Å². The molecule has 0 aromatic heterocycles. The number of aromatic carboxylic acids is 1. The monoisotopic (exact) mass is 333 g/mol. The minimum atomic E-state index is -0.916. The maximum absolute atomic E-state index is 11.0. The van der Waals surface area contributed by atoms with Crippen LogP contribution in [-0.2, 0) is 6.54 Å². The SMILES string of the molecule is Cc1cc(C(=O)O)ccc1NCc1cccc(Oc2ccccc2)c1. The van der Waals surface area contributed by atoms with Crippen LogP contribution in [0.25, 0.3) is 0 Å². The Bertz CT molecular complexity index is 875. The Balaban J connectivity index is 1.67. The van der Waals surface area contributed by atoms with Crippen LogP contribution in [0, 0.1) is 6.92 Å². The molecule has 0 aliphatic carbocycles. The summed E-state index contributed by atoms with van der Waals surface area (Å²) in [4.78, 5) is 11.0. The highest BCUT2D eigenvalue weighted by molar-refractivity contribution is 5.88. The van der Waals surface area contributed by atoms with Crippen LogP contribution in [-0.4, -0.2) is 11.1 Å². The van der Waals surface area contributed by atoms with Crippen LogP contribution in [0.2, 0.25) is 0 Å². The van der Waals surface area contributed by atoms with Crippen molar-refractivity contribution in [3.8, 4) is 11.5 Å². The molecule has 0 aliphatic heterocycles. The predicted molar refractivity (Wildman–Crippen MR) is 98.4 cm³/mol. The van der Waals surface area contributed by atoms with Gasteiger partial charge in [0.15, 0.2) is 0 Å². The highest BCUT2D eigenvalue weighted by Gasteiger charge is 2.06. The van der Waals surface area contributed by atoms with Crippen molar-refractivity contribution in [2.24, 2.45) is 0 Å². The Morgan fingerprint density at radius 3 is 2.44 bits per heavy atom. The summed E-state index contributed by atoms with van der Waals surface area (Å²) in [5.74, 6) is 0.663. The van der Waals surface area contributed by atoms with E-state index in [1.165, 1.54) is 0 Å². The van der Waals surface area contributed by atoms with Crippen LogP contribution in [0.3, 0.4) is 0 Å². The van der Waals surface area contributed by atoms with Gasteiger partial charge in [0, 0.05) is 12.2 Å². The van der Waals surface area contributed by atoms with Gasteiger partial charge in [-0.15, -0.1) is 0 Å². The highest BCUT2D eigenvalue weighted by Crippen LogP contribution is 2.23. The molecule has 0 bridgehead atoms. The molecule has 0 amide bonds. The topological polar surface area (TPSA) is 58.6 Å². The van der Waals surface area contributed by atoms with Crippen LogP contribution in [0.5, 0.6) is 11.5 Å². The molecule has 0 aliphatic rings. The summed E-state index contributed by atoms with van der Waals surface area (Å²) in [7, 11) is 0. The van der Waals surface area contributed by atoms with Crippen LogP contribution in [0.4, 0.5) is 5.69 Å². The number of nitrogens with one attached hydrogen (secondary N) is 1. The van der Waals surface area contributed by atoms with Crippen molar-refractivity contribution in [2.45, 2.75) is 13.5 Å². The zero-order valence-electron chi connectivity index (χ0n) is 13.9. The lowest BCUT2D eigenvalue weighted by atomic mass is 10.1. The van der Waals surface area contributed by atoms with Gasteiger partial charge in [0.25, 0.3) is 0 Å². The number of aryl methyl sites for hydroxylation is 1. The predicted octanol–water partition coefficient (Wildman–Crippen LogP) is 5.10. The molecule has 0 atom stereocenters. The van der Waals surface area contributed by atoms with Gasteiger partial charge in [0.05, 0.1) is 5.56 Å². The van der Waals surface area contributed by atoms with Crippen molar-refractivity contribution < 1.29 is 14.6 Å². The van der Waals surface area contributed by atoms with Crippen LogP contribution < -0.4 is 10.1 Å². The van der Waals surface area contributed by atoms with Gasteiger partial charge in [-0.1, -0.05) is 30.3 Å². The molecule has 0 heterocycles. The summed E-state index contributed by atoms with van der Waals surface area (Å²) in [6.07, 6.45) is 0. The third-order valence-corrected chi connectivity index (χ3v) is 3.83. The number of benzene rings is 3. The number of hydrogen-bond donors (Lipinski definition) is 2. The van der Waals surface area contributed by atoms with E-state index >= 15 is 0 Å². The summed E-state index contributed by atoms with van der Waals surface area (Å²) in [6.45, 7) is 2.52. The first kappa shape index (κ1) is 16.6. The quantitative estimate of drug-likeness (QED) is 0.659. The summed E-state index contributed by atoms with van der Waals surface area (Å²) >= 11 is 0. The standard InChI is InChI=1S/C21H19NO3/c1-15-12-17(21(23)24)10-11-20(15)22-14-16-6-5-9-19(13-16)25-18-7-3-2-4-8-18/h2-13,22H,14H2,1H3,(H,23,24). The van der Waals surface area contributed by atoms with E-state index in [9.17, 15) is 4.79 Å². The Labute approximate surface area is 146 Å². The van der Waals surface area contributed by atoms with Gasteiger partial charge < -0.3 is 15.2 Å². The molecule has 3 aromatic rings. The lowest BCUT2D eigenvalue weighted by Crippen LogP contribution is -2.03. The average molecular weight is 333 g/mol. The highest BCUT2D eigenvalue weighted by atomic mass is 16.5. The Hall–Kier alpha value is -3.27. The van der Waals surface area contributed by atoms with E-state index in [2.05, 4.69) is 5.32 Å². The fraction of sp³-hybridized carbons (Fsp3) is 0.0952. The average Bonchev–Trinajstić information content (AvgIpc) is 2.62. The minimum Gasteiger partial charge on any atom is -0.478 e. The lowest BCUT2D eigenvalue weighted by Gasteiger charge is -2.12. The fourth-order valence-electron chi connectivity index (χ4n) is 2.54. The summed E-state index contributed by atoms with van der Waals surface area (Å²) < 4.78 is 5.84. The largest absolute Gasteiger partial charge is 0.478 e. The van der Waals surface area contributed by atoms with Gasteiger partial charge in [0.2, 0.25) is 0 Å². The molecule has 25 heavy (non-hydrogen) atoms. The molecular weight excluding hydrogens is 314 g/mol. The van der Waals surface area contributed by atoms with E-state index in [0.717, 1.165) is 28.3 Å². The fourth-order valence-corrected chi connectivity index (χ4v) is 2.54. The van der Waals surface area contributed by atoms with Crippen LogP contribution >= 0.6 is 0 Å². The number of carbonyl (C=O) groups is 1. The van der Waals surface area contributed by atoms with Crippen molar-refractivity contribution in [3.63, 3.8) is 0 Å². The second-order valence-corrected chi connectivity index (χ2v) is 5.75. The van der Waals surface area contributed by atoms with Gasteiger partial charge in [-0.05, 0) is 60.5 Å². The molecule has 0 fully saturated rings. The number of carboxylic acids is 1. The molecule has 0 unspecified atom stereocenters. The maximum atomic E-state index is 11.0. The zero-order chi connectivity index (χ0) is 17.6. The first-order valence-corrected chi connectivity index (χ1v) is 8.01. The number of anilines is 1. The Morgan fingerprint density at radius 1 is 0.960 bits per heavy atom. The molecule has 3 aromatic carbocycles. The molecule has 0 radical (unpaired) electrons. The number of ether oxygens (including phenoxy) is 1. The van der Waals surface area contributed by atoms with Gasteiger partial charge in [-0.25, -0.2) is 4.79 Å². The second kappa shape index (κ2) is 7.53. The van der Waals surface area contributed by atoms with E-state index in [1.54, 1.807) is 18.2 Å². The first-order valence-electron chi connectivity index (χ1n) is 8.01. The van der Waals surface area contributed by atoms with Crippen LogP contribution in [0.1, 0.15) is 21.5 Å². The van der Waals surface area contributed by atoms with E-state index < -0.39 is 5.97 Å². The molecule has 4 nitrogen and oxygen atoms in total. The van der Waals surface area contributed by atoms with E-state index in [4.69, 9.17) is 9.84 Å². The summed E-state index contributed by atoms with van der Waals surface area (Å²) in [5.41, 5.74) is 3.19. The molecule has 126 valence electrons. The molecule has 4 heteroatoms. The smallest absolute Gasteiger partial charge is 0.335 e. The lowest BCUT2D eigenvalue weighted by molar-refractivity contribution is 0.0697. The number of carboxylic acid groups (broad SMARTS) is 1. The maximum Gasteiger partial charge on any atom is 0.335 e. The molecule has 0 spiro atoms. The number of hydrogen-bond acceptors (Lipinski definition) is 3. The Morgan fingerprint density at radius 2 is 1.72 bits per heavy atom. The van der Waals surface area contributed by atoms with Gasteiger partial charge in [-0.3, -0.25) is 0 Å². The van der Waals surface area contributed by atoms with Gasteiger partial charge in [-0.2, -0.15) is 0 Å². The molecule has 0 saturated carbocycles. The number of para-hydroxylation sites is 1. The minimum absolute atomic E-state index is 0.293. The molecule has 3 rings (SSSR count). The van der Waals surface area contributed by atoms with E-state index in [0.29, 0.717) is 12.1 Å². The molecular formula is C21H19NO3. The first-order chi connectivity index (χ1) is 12.1. The van der Waals surface area contributed by atoms with Crippen molar-refractivity contribution in [1.29, 1.82) is 0 Å². The molecule has 0 saturated heterocycles. The van der Waals surface area contributed by atoms with Crippen molar-refractivity contribution in [1.82, 2.24) is 0 Å². The third-order valence-electron chi connectivity index (χ3n) is 3.83. The van der Waals surface area contributed by atoms with Crippen molar-refractivity contribution >= 4 is 11.7 Å². The normalized spacial score (nSPS) is 10.3. The van der Waals surface area contributed by atoms with E-state index in [-0.39, 0.29) is 0 Å². The third kappa shape index (κ3) is 4.38. The summed E-state index contributed by atoms with van der Waals surface area (Å²) in [5, 5.41) is 12.4. The second-order valence-electron chi connectivity index (χ2n) is 5.75. The Kier molecular flexibility index (Phi) is 5.00. The van der Waals surface area contributed by atoms with Gasteiger partial charge >= 0.3 is 5.97 Å².